The summed E-state index contributed by atoms with van der Waals surface area (Å²) in [7, 11) is 0. The summed E-state index contributed by atoms with van der Waals surface area (Å²) >= 11 is 3.72. The van der Waals surface area contributed by atoms with Gasteiger partial charge in [-0.3, -0.25) is 0 Å². The summed E-state index contributed by atoms with van der Waals surface area (Å²) < 4.78 is 2.99. The summed E-state index contributed by atoms with van der Waals surface area (Å²) in [6.45, 7) is 4.30. The third-order valence-electron chi connectivity index (χ3n) is 7.84. The average Bonchev–Trinajstić information content (AvgIpc) is 3.36. The predicted molar refractivity (Wildman–Crippen MR) is 176 cm³/mol. The van der Waals surface area contributed by atoms with Gasteiger partial charge in [-0.2, -0.15) is 5.10 Å². The van der Waals surface area contributed by atoms with Gasteiger partial charge in [0.05, 0.1) is 28.8 Å². The molecule has 4 aromatic carbocycles. The number of halogens is 1. The zero-order valence-electron chi connectivity index (χ0n) is 23.6. The van der Waals surface area contributed by atoms with Crippen molar-refractivity contribution in [2.75, 3.05) is 10.2 Å². The lowest BCUT2D eigenvalue weighted by molar-refractivity contribution is 0.795. The van der Waals surface area contributed by atoms with E-state index >= 15 is 0 Å². The minimum absolute atomic E-state index is 0.160. The van der Waals surface area contributed by atoms with Crippen LogP contribution in [0.25, 0.3) is 5.69 Å². The highest BCUT2D eigenvalue weighted by atomic mass is 79.9. The quantitative estimate of drug-likeness (QED) is 0.207. The maximum Gasteiger partial charge on any atom is 0.179 e. The molecule has 0 saturated heterocycles. The summed E-state index contributed by atoms with van der Waals surface area (Å²) in [5, 5.41) is 8.65. The summed E-state index contributed by atoms with van der Waals surface area (Å²) in [5.74, 6) is 2.29. The lowest BCUT2D eigenvalue weighted by Crippen LogP contribution is -2.46. The Morgan fingerprint density at radius 2 is 1.64 bits per heavy atom. The highest BCUT2D eigenvalue weighted by molar-refractivity contribution is 9.10. The largest absolute Gasteiger partial charge is 0.337 e. The molecule has 1 N–H and O–H groups in total. The lowest BCUT2D eigenvalue weighted by atomic mass is 9.93. The molecule has 0 bridgehead atoms. The highest BCUT2D eigenvalue weighted by Gasteiger charge is 2.41. The molecule has 0 saturated carbocycles. The Kier molecular flexibility index (Phi) is 6.96. The zero-order chi connectivity index (χ0) is 28.6. The molecule has 0 amide bonds. The van der Waals surface area contributed by atoms with Gasteiger partial charge in [0.2, 0.25) is 0 Å². The van der Waals surface area contributed by atoms with E-state index in [2.05, 4.69) is 119 Å². The number of anilines is 2. The molecule has 7 rings (SSSR count). The van der Waals surface area contributed by atoms with Crippen LogP contribution in [0.3, 0.4) is 0 Å². The molecule has 1 atom stereocenters. The van der Waals surface area contributed by atoms with E-state index in [9.17, 15) is 0 Å². The van der Waals surface area contributed by atoms with Gasteiger partial charge in [-0.1, -0.05) is 83.9 Å². The van der Waals surface area contributed by atoms with E-state index in [1.165, 1.54) is 18.4 Å². The van der Waals surface area contributed by atoms with Crippen LogP contribution in [0.1, 0.15) is 48.2 Å². The smallest absolute Gasteiger partial charge is 0.179 e. The Balaban J connectivity index is 1.42. The normalized spacial score (nSPS) is 15.3. The van der Waals surface area contributed by atoms with E-state index in [-0.39, 0.29) is 6.04 Å². The number of aryl methyl sites for hydroxylation is 2. The van der Waals surface area contributed by atoms with Crippen molar-refractivity contribution < 1.29 is 0 Å². The number of rotatable bonds is 6. The summed E-state index contributed by atoms with van der Waals surface area (Å²) in [6.07, 6.45) is 3.47. The van der Waals surface area contributed by atoms with Crippen LogP contribution in [0.15, 0.2) is 118 Å². The van der Waals surface area contributed by atoms with Gasteiger partial charge in [-0.25, -0.2) is 14.7 Å². The zero-order valence-corrected chi connectivity index (χ0v) is 25.2. The first-order chi connectivity index (χ1) is 20.6. The van der Waals surface area contributed by atoms with Crippen molar-refractivity contribution in [3.8, 4) is 5.69 Å². The van der Waals surface area contributed by atoms with Crippen molar-refractivity contribution >= 4 is 50.5 Å². The van der Waals surface area contributed by atoms with Crippen LogP contribution in [0.5, 0.6) is 0 Å². The number of fused-ring (bicyclic) bond motifs is 4. The number of hydrogen-bond acceptors (Lipinski definition) is 5. The molecule has 2 aliphatic rings. The van der Waals surface area contributed by atoms with Crippen LogP contribution in [-0.4, -0.2) is 21.5 Å². The molecule has 0 unspecified atom stereocenters. The van der Waals surface area contributed by atoms with Crippen LogP contribution in [-0.2, 0) is 6.42 Å². The van der Waals surface area contributed by atoms with Gasteiger partial charge in [0.15, 0.2) is 17.5 Å². The first-order valence-electron chi connectivity index (χ1n) is 14.4. The second kappa shape index (κ2) is 11.1. The van der Waals surface area contributed by atoms with E-state index in [4.69, 9.17) is 15.1 Å². The number of nitrogens with one attached hydrogen (secondary N) is 1. The molecule has 0 spiro atoms. The van der Waals surface area contributed by atoms with Crippen molar-refractivity contribution in [2.24, 2.45) is 9.98 Å². The van der Waals surface area contributed by atoms with Crippen molar-refractivity contribution in [3.05, 3.63) is 130 Å². The number of aromatic nitrogens is 2. The second-order valence-electron chi connectivity index (χ2n) is 10.7. The van der Waals surface area contributed by atoms with E-state index in [0.717, 1.165) is 62.1 Å². The molecule has 5 aromatic rings. The molecule has 2 aliphatic heterocycles. The topological polar surface area (TPSA) is 57.8 Å². The van der Waals surface area contributed by atoms with Crippen molar-refractivity contribution in [1.82, 2.24) is 9.78 Å². The molecule has 0 radical (unpaired) electrons. The number of aliphatic imine (C=N–C) groups is 2. The molecule has 0 fully saturated rings. The van der Waals surface area contributed by atoms with Crippen LogP contribution < -0.4 is 10.2 Å². The van der Waals surface area contributed by atoms with Crippen molar-refractivity contribution in [2.45, 2.75) is 39.2 Å². The minimum atomic E-state index is -0.160. The molecule has 208 valence electrons. The van der Waals surface area contributed by atoms with Gasteiger partial charge in [0, 0.05) is 15.7 Å². The minimum Gasteiger partial charge on any atom is -0.337 e. The van der Waals surface area contributed by atoms with Crippen molar-refractivity contribution in [1.29, 1.82) is 0 Å². The first kappa shape index (κ1) is 26.4. The Morgan fingerprint density at radius 3 is 2.43 bits per heavy atom. The SMILES string of the molecule is CCCCc1ccc(NC2=Nc3ccccc3N3C2=Nc2c(c(C)nn2-c2ccccc2)[C@H]3c2cccc(Br)c2)cc1. The van der Waals surface area contributed by atoms with Crippen LogP contribution in [0.2, 0.25) is 0 Å². The monoisotopic (exact) mass is 614 g/mol. The van der Waals surface area contributed by atoms with Crippen LogP contribution in [0.4, 0.5) is 22.9 Å². The Hall–Kier alpha value is -4.49. The molecule has 6 nitrogen and oxygen atoms in total. The summed E-state index contributed by atoms with van der Waals surface area (Å²) in [4.78, 5) is 12.8. The first-order valence-corrected chi connectivity index (χ1v) is 15.2. The Labute approximate surface area is 254 Å². The number of benzene rings is 4. The van der Waals surface area contributed by atoms with Gasteiger partial charge >= 0.3 is 0 Å². The van der Waals surface area contributed by atoms with Gasteiger partial charge in [0.25, 0.3) is 0 Å². The van der Waals surface area contributed by atoms with Gasteiger partial charge in [-0.05, 0) is 79.4 Å². The molecular weight excluding hydrogens is 584 g/mol. The maximum atomic E-state index is 5.34. The maximum absolute atomic E-state index is 5.34. The highest BCUT2D eigenvalue weighted by Crippen LogP contribution is 2.48. The van der Waals surface area contributed by atoms with E-state index in [0.29, 0.717) is 5.84 Å². The fraction of sp³-hybridized carbons (Fsp3) is 0.171. The van der Waals surface area contributed by atoms with Gasteiger partial charge in [0.1, 0.15) is 0 Å². The third-order valence-corrected chi connectivity index (χ3v) is 8.33. The Morgan fingerprint density at radius 1 is 0.857 bits per heavy atom. The molecule has 0 aliphatic carbocycles. The van der Waals surface area contributed by atoms with Gasteiger partial charge < -0.3 is 10.2 Å². The molecule has 42 heavy (non-hydrogen) atoms. The molecule has 3 heterocycles. The van der Waals surface area contributed by atoms with E-state index in [1.54, 1.807) is 0 Å². The van der Waals surface area contributed by atoms with Crippen LogP contribution >= 0.6 is 15.9 Å². The van der Waals surface area contributed by atoms with Gasteiger partial charge in [-0.15, -0.1) is 0 Å². The van der Waals surface area contributed by atoms with Crippen LogP contribution in [0, 0.1) is 6.92 Å². The average molecular weight is 616 g/mol. The van der Waals surface area contributed by atoms with E-state index < -0.39 is 0 Å². The summed E-state index contributed by atoms with van der Waals surface area (Å²) in [5.41, 5.74) is 8.37. The summed E-state index contributed by atoms with van der Waals surface area (Å²) in [6, 6.07) is 35.5. The lowest BCUT2D eigenvalue weighted by Gasteiger charge is -2.40. The predicted octanol–water partition coefficient (Wildman–Crippen LogP) is 9.08. The number of amidine groups is 2. The molecule has 1 aromatic heterocycles. The van der Waals surface area contributed by atoms with Crippen molar-refractivity contribution in [3.63, 3.8) is 0 Å². The second-order valence-corrected chi connectivity index (χ2v) is 11.6. The standard InChI is InChI=1S/C35H31BrN6/c1-3-4-11-24-18-20-27(21-19-24)37-33-35-39-34-31(23(2)40-42(34)28-14-6-5-7-15-28)32(25-12-10-13-26(36)22-25)41(35)30-17-9-8-16-29(30)38-33/h5-10,12-22,32H,3-4,11H2,1-2H3,(H,37,38)/t32-/m1/s1. The Bertz CT molecular complexity index is 1820. The fourth-order valence-electron chi connectivity index (χ4n) is 5.81. The third kappa shape index (κ3) is 4.73. The number of unbranched alkanes of at least 4 members (excludes halogenated alkanes) is 1. The van der Waals surface area contributed by atoms with E-state index in [1.807, 2.05) is 28.9 Å². The fourth-order valence-corrected chi connectivity index (χ4v) is 6.23. The molecule has 7 heteroatoms. The number of para-hydroxylation sites is 3. The number of nitrogens with zero attached hydrogens (tertiary/aromatic N) is 5. The number of hydrogen-bond donors (Lipinski definition) is 1. The molecular formula is C35H31BrN6.